The topological polar surface area (TPSA) is 73.6 Å². The predicted octanol–water partition coefficient (Wildman–Crippen LogP) is 1.98. The fourth-order valence-electron chi connectivity index (χ4n) is 2.14. The summed E-state index contributed by atoms with van der Waals surface area (Å²) in [6.45, 7) is 1.70. The summed E-state index contributed by atoms with van der Waals surface area (Å²) in [6.07, 6.45) is 0.234. The maximum absolute atomic E-state index is 12.9. The second kappa shape index (κ2) is 5.88. The molecule has 0 aliphatic carbocycles. The van der Waals surface area contributed by atoms with Crippen molar-refractivity contribution in [3.63, 3.8) is 0 Å². The van der Waals surface area contributed by atoms with Gasteiger partial charge in [-0.15, -0.1) is 0 Å². The number of hydrogen-bond donors (Lipinski definition) is 0. The lowest BCUT2D eigenvalue weighted by Gasteiger charge is -2.02. The van der Waals surface area contributed by atoms with E-state index in [1.807, 2.05) is 0 Å². The van der Waals surface area contributed by atoms with Crippen molar-refractivity contribution in [3.8, 4) is 0 Å². The Balaban J connectivity index is 2.06. The van der Waals surface area contributed by atoms with Crippen LogP contribution in [0.1, 0.15) is 26.6 Å². The minimum atomic E-state index is -0.493. The molecule has 0 radical (unpaired) electrons. The molecular formula is C15H12FN3O3S. The Morgan fingerprint density at radius 2 is 2.04 bits per heavy atom. The fraction of sp³-hybridized carbons (Fsp3) is 0.200. The summed E-state index contributed by atoms with van der Waals surface area (Å²) in [4.78, 5) is 28.4. The Labute approximate surface area is 134 Å². The van der Waals surface area contributed by atoms with Crippen molar-refractivity contribution in [3.05, 3.63) is 62.3 Å². The Morgan fingerprint density at radius 1 is 1.35 bits per heavy atom. The highest BCUT2D eigenvalue weighted by atomic mass is 32.1. The molecule has 1 aromatic carbocycles. The molecule has 0 amide bonds. The number of hydrogen-bond acceptors (Lipinski definition) is 6. The molecule has 0 fully saturated rings. The number of fused-ring (bicyclic) bond motifs is 1. The molecule has 6 nitrogen and oxygen atoms in total. The SMILES string of the molecule is COC(=O)c1sc2nc(=O)c(Cc3ccc(F)cc3)nn2c1C. The van der Waals surface area contributed by atoms with Crippen LogP contribution in [0.25, 0.3) is 4.96 Å². The van der Waals surface area contributed by atoms with Crippen molar-refractivity contribution in [2.24, 2.45) is 0 Å². The van der Waals surface area contributed by atoms with Crippen LogP contribution in [0.3, 0.4) is 0 Å². The average molecular weight is 333 g/mol. The van der Waals surface area contributed by atoms with Gasteiger partial charge >= 0.3 is 5.97 Å². The molecule has 0 saturated carbocycles. The molecule has 0 N–H and O–H groups in total. The number of nitrogens with zero attached hydrogens (tertiary/aromatic N) is 3. The van der Waals surface area contributed by atoms with Crippen LogP contribution in [0.2, 0.25) is 0 Å². The summed E-state index contributed by atoms with van der Waals surface area (Å²) in [5.74, 6) is -0.837. The van der Waals surface area contributed by atoms with Gasteiger partial charge in [0.25, 0.3) is 5.56 Å². The lowest BCUT2D eigenvalue weighted by atomic mass is 10.1. The molecular weight excluding hydrogens is 321 g/mol. The fourth-order valence-corrected chi connectivity index (χ4v) is 3.12. The van der Waals surface area contributed by atoms with Crippen molar-refractivity contribution in [1.29, 1.82) is 0 Å². The quantitative estimate of drug-likeness (QED) is 0.685. The first kappa shape index (κ1) is 15.3. The average Bonchev–Trinajstić information content (AvgIpc) is 2.85. The number of carbonyl (C=O) groups is 1. The van der Waals surface area contributed by atoms with Gasteiger partial charge in [0.2, 0.25) is 4.96 Å². The maximum atomic E-state index is 12.9. The molecule has 23 heavy (non-hydrogen) atoms. The number of benzene rings is 1. The first-order valence-corrected chi connectivity index (χ1v) is 7.53. The third-order valence-electron chi connectivity index (χ3n) is 3.34. The molecule has 118 valence electrons. The van der Waals surface area contributed by atoms with Gasteiger partial charge in [0.05, 0.1) is 12.8 Å². The number of ether oxygens (including phenoxy) is 1. The summed E-state index contributed by atoms with van der Waals surface area (Å²) < 4.78 is 19.1. The molecule has 0 atom stereocenters. The zero-order valence-corrected chi connectivity index (χ0v) is 13.2. The van der Waals surface area contributed by atoms with Gasteiger partial charge in [0.15, 0.2) is 0 Å². The van der Waals surface area contributed by atoms with E-state index in [0.29, 0.717) is 15.5 Å². The Bertz CT molecular complexity index is 947. The summed E-state index contributed by atoms with van der Waals surface area (Å²) >= 11 is 1.05. The highest BCUT2D eigenvalue weighted by Gasteiger charge is 2.19. The number of halogens is 1. The summed E-state index contributed by atoms with van der Waals surface area (Å²) in [7, 11) is 1.29. The number of carbonyl (C=O) groups excluding carboxylic acids is 1. The smallest absolute Gasteiger partial charge is 0.350 e. The van der Waals surface area contributed by atoms with Crippen LogP contribution in [0.4, 0.5) is 4.39 Å². The summed E-state index contributed by atoms with van der Waals surface area (Å²) in [5, 5.41) is 4.28. The Morgan fingerprint density at radius 3 is 2.70 bits per heavy atom. The van der Waals surface area contributed by atoms with Gasteiger partial charge < -0.3 is 4.74 Å². The molecule has 0 bridgehead atoms. The van der Waals surface area contributed by atoms with Crippen LogP contribution in [0.5, 0.6) is 0 Å². The summed E-state index contributed by atoms with van der Waals surface area (Å²) in [5.41, 5.74) is 1.07. The zero-order chi connectivity index (χ0) is 16.6. The van der Waals surface area contributed by atoms with Crippen molar-refractivity contribution in [2.45, 2.75) is 13.3 Å². The summed E-state index contributed by atoms with van der Waals surface area (Å²) in [6, 6.07) is 5.82. The molecule has 0 unspecified atom stereocenters. The van der Waals surface area contributed by atoms with E-state index in [0.717, 1.165) is 16.9 Å². The van der Waals surface area contributed by atoms with Gasteiger partial charge in [-0.25, -0.2) is 13.7 Å². The second-order valence-corrected chi connectivity index (χ2v) is 5.85. The van der Waals surface area contributed by atoms with E-state index in [4.69, 9.17) is 4.74 Å². The van der Waals surface area contributed by atoms with E-state index >= 15 is 0 Å². The number of rotatable bonds is 3. The van der Waals surface area contributed by atoms with Gasteiger partial charge in [-0.2, -0.15) is 10.1 Å². The van der Waals surface area contributed by atoms with Crippen molar-refractivity contribution < 1.29 is 13.9 Å². The molecule has 8 heteroatoms. The predicted molar refractivity (Wildman–Crippen MR) is 82.4 cm³/mol. The number of aromatic nitrogens is 3. The van der Waals surface area contributed by atoms with Crippen LogP contribution in [0, 0.1) is 12.7 Å². The largest absolute Gasteiger partial charge is 0.465 e. The van der Waals surface area contributed by atoms with Crippen LogP contribution in [-0.4, -0.2) is 27.7 Å². The molecule has 2 heterocycles. The van der Waals surface area contributed by atoms with Crippen LogP contribution >= 0.6 is 11.3 Å². The van der Waals surface area contributed by atoms with Crippen molar-refractivity contribution in [1.82, 2.24) is 14.6 Å². The first-order valence-electron chi connectivity index (χ1n) is 6.71. The zero-order valence-electron chi connectivity index (χ0n) is 12.4. The van der Waals surface area contributed by atoms with Crippen LogP contribution < -0.4 is 5.56 Å². The molecule has 3 aromatic rings. The standard InChI is InChI=1S/C15H12FN3O3S/c1-8-12(14(21)22-2)23-15-17-13(20)11(18-19(8)15)7-9-3-5-10(16)6-4-9/h3-6H,7H2,1-2H3. The molecule has 2 aromatic heterocycles. The lowest BCUT2D eigenvalue weighted by molar-refractivity contribution is 0.0605. The third-order valence-corrected chi connectivity index (χ3v) is 4.45. The molecule has 0 aliphatic rings. The van der Waals surface area contributed by atoms with Gasteiger partial charge in [-0.3, -0.25) is 4.79 Å². The molecule has 0 aliphatic heterocycles. The van der Waals surface area contributed by atoms with Crippen molar-refractivity contribution >= 4 is 22.3 Å². The van der Waals surface area contributed by atoms with Gasteiger partial charge in [-0.1, -0.05) is 23.5 Å². The van der Waals surface area contributed by atoms with Crippen LogP contribution in [-0.2, 0) is 11.2 Å². The number of aryl methyl sites for hydroxylation is 1. The Kier molecular flexibility index (Phi) is 3.91. The highest BCUT2D eigenvalue weighted by Crippen LogP contribution is 2.20. The second-order valence-electron chi connectivity index (χ2n) is 4.87. The number of esters is 1. The van der Waals surface area contributed by atoms with Gasteiger partial charge in [0, 0.05) is 6.42 Å². The Hall–Kier alpha value is -2.61. The third kappa shape index (κ3) is 2.85. The maximum Gasteiger partial charge on any atom is 0.350 e. The van der Waals surface area contributed by atoms with E-state index in [-0.39, 0.29) is 17.9 Å². The molecule has 3 rings (SSSR count). The number of methoxy groups -OCH3 is 1. The minimum Gasteiger partial charge on any atom is -0.465 e. The van der Waals surface area contributed by atoms with Crippen molar-refractivity contribution in [2.75, 3.05) is 7.11 Å². The van der Waals surface area contributed by atoms with E-state index in [1.165, 1.54) is 23.8 Å². The minimum absolute atomic E-state index is 0.228. The van der Waals surface area contributed by atoms with Gasteiger partial charge in [-0.05, 0) is 24.6 Å². The van der Waals surface area contributed by atoms with Crippen LogP contribution in [0.15, 0.2) is 29.1 Å². The lowest BCUT2D eigenvalue weighted by Crippen LogP contribution is -2.18. The van der Waals surface area contributed by atoms with Gasteiger partial charge in [0.1, 0.15) is 16.4 Å². The highest BCUT2D eigenvalue weighted by molar-refractivity contribution is 7.18. The van der Waals surface area contributed by atoms with E-state index in [2.05, 4.69) is 10.1 Å². The first-order chi connectivity index (χ1) is 11.0. The molecule has 0 spiro atoms. The molecule has 0 saturated heterocycles. The van der Waals surface area contributed by atoms with E-state index in [9.17, 15) is 14.0 Å². The number of thiazole rings is 1. The normalized spacial score (nSPS) is 10.9. The van der Waals surface area contributed by atoms with E-state index < -0.39 is 11.5 Å². The monoisotopic (exact) mass is 333 g/mol. The van der Waals surface area contributed by atoms with E-state index in [1.54, 1.807) is 19.1 Å².